The Morgan fingerprint density at radius 3 is 2.79 bits per heavy atom. The number of halogens is 1. The van der Waals surface area contributed by atoms with Gasteiger partial charge in [0, 0.05) is 12.6 Å². The molecule has 0 spiro atoms. The average molecular weight is 269 g/mol. The van der Waals surface area contributed by atoms with Gasteiger partial charge in [-0.2, -0.15) is 5.10 Å². The van der Waals surface area contributed by atoms with Crippen LogP contribution in [-0.4, -0.2) is 51.1 Å². The summed E-state index contributed by atoms with van der Waals surface area (Å²) in [6.07, 6.45) is 2.31. The summed E-state index contributed by atoms with van der Waals surface area (Å²) in [5.41, 5.74) is 0.227. The van der Waals surface area contributed by atoms with Crippen molar-refractivity contribution >= 4 is 5.91 Å². The number of amides is 1. The number of carbonyl (C=O) groups is 1. The number of rotatable bonds is 2. The first-order chi connectivity index (χ1) is 8.82. The predicted octanol–water partition coefficient (Wildman–Crippen LogP) is 1.18. The molecule has 1 aliphatic rings. The van der Waals surface area contributed by atoms with Gasteiger partial charge in [-0.05, 0) is 20.8 Å². The van der Waals surface area contributed by atoms with Gasteiger partial charge >= 0.3 is 0 Å². The normalized spacial score (nSPS) is 23.9. The zero-order valence-electron chi connectivity index (χ0n) is 11.5. The number of hydrogen-bond acceptors (Lipinski definition) is 3. The fraction of sp³-hybridized carbons (Fsp3) is 0.692. The van der Waals surface area contributed by atoms with Crippen molar-refractivity contribution in [3.63, 3.8) is 0 Å². The van der Waals surface area contributed by atoms with Gasteiger partial charge in [-0.1, -0.05) is 0 Å². The molecular weight excluding hydrogens is 249 g/mol. The molecule has 6 heteroatoms. The van der Waals surface area contributed by atoms with E-state index < -0.39 is 12.2 Å². The molecule has 1 N–H and O–H groups in total. The summed E-state index contributed by atoms with van der Waals surface area (Å²) in [5, 5.41) is 13.4. The fourth-order valence-corrected chi connectivity index (χ4v) is 2.25. The average Bonchev–Trinajstić information content (AvgIpc) is 2.93. The zero-order valence-corrected chi connectivity index (χ0v) is 11.5. The summed E-state index contributed by atoms with van der Waals surface area (Å²) >= 11 is 0. The molecule has 1 aromatic rings. The van der Waals surface area contributed by atoms with Crippen molar-refractivity contribution in [2.24, 2.45) is 0 Å². The molecule has 2 rings (SSSR count). The van der Waals surface area contributed by atoms with Crippen molar-refractivity contribution in [2.75, 3.05) is 13.2 Å². The molecule has 2 atom stereocenters. The number of carbonyl (C=O) groups excluding carboxylic acids is 1. The molecule has 0 bridgehead atoms. The Bertz CT molecular complexity index is 467. The zero-order chi connectivity index (χ0) is 14.2. The molecule has 0 aliphatic carbocycles. The highest BCUT2D eigenvalue weighted by Crippen LogP contribution is 2.23. The van der Waals surface area contributed by atoms with Gasteiger partial charge in [0.05, 0.1) is 36.5 Å². The quantitative estimate of drug-likeness (QED) is 0.877. The highest BCUT2D eigenvalue weighted by molar-refractivity contribution is 5.94. The van der Waals surface area contributed by atoms with Gasteiger partial charge in [0.25, 0.3) is 5.91 Å². The molecule has 0 saturated carbocycles. The van der Waals surface area contributed by atoms with Crippen LogP contribution < -0.4 is 0 Å². The monoisotopic (exact) mass is 269 g/mol. The molecule has 1 aliphatic heterocycles. The topological polar surface area (TPSA) is 58.4 Å². The summed E-state index contributed by atoms with van der Waals surface area (Å²) in [5.74, 6) is -0.269. The molecule has 106 valence electrons. The van der Waals surface area contributed by atoms with Crippen molar-refractivity contribution < 1.29 is 14.3 Å². The standard InChI is InChI=1S/C13H20FN3O2/c1-13(2,3)17-6-9(5-15-17)12(19)16-7-10(14)4-11(16)8-18/h5-6,10-11,18H,4,7-8H2,1-3H3/t10-,11-/m0/s1. The Kier molecular flexibility index (Phi) is 3.62. The molecule has 2 heterocycles. The molecule has 1 amide bonds. The van der Waals surface area contributed by atoms with Crippen molar-refractivity contribution in [2.45, 2.75) is 44.9 Å². The Morgan fingerprint density at radius 2 is 2.26 bits per heavy atom. The maximum absolute atomic E-state index is 13.4. The van der Waals surface area contributed by atoms with Crippen LogP contribution in [0.3, 0.4) is 0 Å². The number of hydrogen-bond donors (Lipinski definition) is 1. The summed E-state index contributed by atoms with van der Waals surface area (Å²) < 4.78 is 15.1. The van der Waals surface area contributed by atoms with Crippen LogP contribution >= 0.6 is 0 Å². The van der Waals surface area contributed by atoms with Crippen LogP contribution in [0.2, 0.25) is 0 Å². The van der Waals surface area contributed by atoms with Crippen LogP contribution in [0.25, 0.3) is 0 Å². The lowest BCUT2D eigenvalue weighted by Crippen LogP contribution is -2.37. The summed E-state index contributed by atoms with van der Waals surface area (Å²) in [4.78, 5) is 13.7. The van der Waals surface area contributed by atoms with Crippen LogP contribution in [0, 0.1) is 0 Å². The van der Waals surface area contributed by atoms with Gasteiger partial charge in [-0.3, -0.25) is 9.48 Å². The van der Waals surface area contributed by atoms with Crippen LogP contribution in [0.5, 0.6) is 0 Å². The van der Waals surface area contributed by atoms with Crippen molar-refractivity contribution in [1.29, 1.82) is 0 Å². The van der Waals surface area contributed by atoms with Crippen LogP contribution in [0.15, 0.2) is 12.4 Å². The van der Waals surface area contributed by atoms with Crippen LogP contribution in [0.4, 0.5) is 4.39 Å². The number of nitrogens with zero attached hydrogens (tertiary/aromatic N) is 3. The van der Waals surface area contributed by atoms with E-state index in [2.05, 4.69) is 5.10 Å². The summed E-state index contributed by atoms with van der Waals surface area (Å²) in [6.45, 7) is 5.79. The molecule has 19 heavy (non-hydrogen) atoms. The summed E-state index contributed by atoms with van der Waals surface area (Å²) in [7, 11) is 0. The Morgan fingerprint density at radius 1 is 1.58 bits per heavy atom. The first-order valence-corrected chi connectivity index (χ1v) is 6.44. The SMILES string of the molecule is CC(C)(C)n1cc(C(=O)N2C[C@@H](F)C[C@H]2CO)cn1. The third kappa shape index (κ3) is 2.78. The molecule has 5 nitrogen and oxygen atoms in total. The lowest BCUT2D eigenvalue weighted by Gasteiger charge is -2.22. The first-order valence-electron chi connectivity index (χ1n) is 6.44. The van der Waals surface area contributed by atoms with Gasteiger partial charge in [-0.15, -0.1) is 0 Å². The second kappa shape index (κ2) is 4.92. The number of aliphatic hydroxyl groups excluding tert-OH is 1. The highest BCUT2D eigenvalue weighted by Gasteiger charge is 2.35. The number of alkyl halides is 1. The Labute approximate surface area is 112 Å². The van der Waals surface area contributed by atoms with E-state index in [0.29, 0.717) is 5.56 Å². The largest absolute Gasteiger partial charge is 0.394 e. The second-order valence-electron chi connectivity index (χ2n) is 5.97. The summed E-state index contributed by atoms with van der Waals surface area (Å²) in [6, 6.07) is -0.430. The van der Waals surface area contributed by atoms with Crippen molar-refractivity contribution in [3.8, 4) is 0 Å². The number of aromatic nitrogens is 2. The van der Waals surface area contributed by atoms with E-state index in [-0.39, 0.29) is 31.0 Å². The van der Waals surface area contributed by atoms with E-state index in [0.717, 1.165) is 0 Å². The molecule has 0 unspecified atom stereocenters. The van der Waals surface area contributed by atoms with E-state index in [1.807, 2.05) is 20.8 Å². The third-order valence-electron chi connectivity index (χ3n) is 3.35. The van der Waals surface area contributed by atoms with Crippen molar-refractivity contribution in [3.05, 3.63) is 18.0 Å². The second-order valence-corrected chi connectivity index (χ2v) is 5.97. The third-order valence-corrected chi connectivity index (χ3v) is 3.35. The number of likely N-dealkylation sites (tertiary alicyclic amines) is 1. The molecule has 1 aromatic heterocycles. The minimum Gasteiger partial charge on any atom is -0.394 e. The predicted molar refractivity (Wildman–Crippen MR) is 68.6 cm³/mol. The first kappa shape index (κ1) is 14.0. The van der Waals surface area contributed by atoms with E-state index >= 15 is 0 Å². The van der Waals surface area contributed by atoms with Gasteiger partial charge in [0.2, 0.25) is 0 Å². The highest BCUT2D eigenvalue weighted by atomic mass is 19.1. The fourth-order valence-electron chi connectivity index (χ4n) is 2.25. The Hall–Kier alpha value is -1.43. The smallest absolute Gasteiger partial charge is 0.257 e. The van der Waals surface area contributed by atoms with Gasteiger partial charge < -0.3 is 10.0 Å². The minimum atomic E-state index is -1.06. The number of aliphatic hydroxyl groups is 1. The molecule has 0 radical (unpaired) electrons. The van der Waals surface area contributed by atoms with E-state index in [1.54, 1.807) is 10.9 Å². The molecule has 1 fully saturated rings. The van der Waals surface area contributed by atoms with E-state index in [9.17, 15) is 14.3 Å². The van der Waals surface area contributed by atoms with Crippen LogP contribution in [0.1, 0.15) is 37.6 Å². The lowest BCUT2D eigenvalue weighted by atomic mass is 10.1. The molecule has 1 saturated heterocycles. The van der Waals surface area contributed by atoms with Crippen molar-refractivity contribution in [1.82, 2.24) is 14.7 Å². The molecular formula is C13H20FN3O2. The lowest BCUT2D eigenvalue weighted by molar-refractivity contribution is 0.0672. The van der Waals surface area contributed by atoms with E-state index in [4.69, 9.17) is 0 Å². The van der Waals surface area contributed by atoms with E-state index in [1.165, 1.54) is 11.1 Å². The Balaban J connectivity index is 2.18. The van der Waals surface area contributed by atoms with Gasteiger partial charge in [0.15, 0.2) is 0 Å². The molecule has 0 aromatic carbocycles. The maximum Gasteiger partial charge on any atom is 0.257 e. The van der Waals surface area contributed by atoms with Gasteiger partial charge in [0.1, 0.15) is 6.17 Å². The maximum atomic E-state index is 13.4. The minimum absolute atomic E-state index is 0.0464. The van der Waals surface area contributed by atoms with Crippen LogP contribution in [-0.2, 0) is 5.54 Å². The van der Waals surface area contributed by atoms with Gasteiger partial charge in [-0.25, -0.2) is 4.39 Å².